The lowest BCUT2D eigenvalue weighted by Gasteiger charge is -2.36. The third-order valence-corrected chi connectivity index (χ3v) is 5.00. The summed E-state index contributed by atoms with van der Waals surface area (Å²) >= 11 is 0. The molecule has 4 nitrogen and oxygen atoms in total. The molecule has 0 aliphatic carbocycles. The Bertz CT molecular complexity index is 670. The minimum atomic E-state index is -0.178. The van der Waals surface area contributed by atoms with Crippen LogP contribution in [0.3, 0.4) is 0 Å². The van der Waals surface area contributed by atoms with Gasteiger partial charge >= 0.3 is 0 Å². The Labute approximate surface area is 143 Å². The molecule has 5 heteroatoms. The van der Waals surface area contributed by atoms with E-state index in [2.05, 4.69) is 14.5 Å². The van der Waals surface area contributed by atoms with Crippen molar-refractivity contribution < 1.29 is 9.13 Å². The summed E-state index contributed by atoms with van der Waals surface area (Å²) in [5.41, 5.74) is 0.750. The van der Waals surface area contributed by atoms with Gasteiger partial charge in [-0.05, 0) is 31.9 Å². The first-order valence-corrected chi connectivity index (χ1v) is 8.70. The molecule has 1 saturated heterocycles. The molecular formula is C19H26FN3O. The number of aromatic nitrogens is 2. The first kappa shape index (κ1) is 17.0. The van der Waals surface area contributed by atoms with E-state index in [1.54, 1.807) is 7.11 Å². The average Bonchev–Trinajstić information content (AvgIpc) is 3.01. The second kappa shape index (κ2) is 7.79. The maximum atomic E-state index is 14.3. The molecule has 1 aliphatic heterocycles. The van der Waals surface area contributed by atoms with Gasteiger partial charge in [-0.25, -0.2) is 9.37 Å². The van der Waals surface area contributed by atoms with Crippen LogP contribution in [0.15, 0.2) is 30.6 Å². The number of imidazole rings is 1. The van der Waals surface area contributed by atoms with Crippen LogP contribution in [0.5, 0.6) is 5.75 Å². The van der Waals surface area contributed by atoms with Crippen molar-refractivity contribution in [3.8, 4) is 5.75 Å². The Balaban J connectivity index is 1.65. The summed E-state index contributed by atoms with van der Waals surface area (Å²) in [6.45, 7) is 1.71. The summed E-state index contributed by atoms with van der Waals surface area (Å²) < 4.78 is 21.4. The Morgan fingerprint density at radius 1 is 1.33 bits per heavy atom. The van der Waals surface area contributed by atoms with Crippen molar-refractivity contribution in [1.82, 2.24) is 14.5 Å². The maximum Gasteiger partial charge on any atom is 0.131 e. The van der Waals surface area contributed by atoms with E-state index in [1.807, 2.05) is 31.6 Å². The average molecular weight is 331 g/mol. The minimum Gasteiger partial charge on any atom is -0.497 e. The molecule has 1 atom stereocenters. The van der Waals surface area contributed by atoms with Crippen molar-refractivity contribution in [2.75, 3.05) is 13.7 Å². The van der Waals surface area contributed by atoms with Gasteiger partial charge in [0.15, 0.2) is 0 Å². The van der Waals surface area contributed by atoms with Crippen molar-refractivity contribution in [2.45, 2.75) is 44.7 Å². The van der Waals surface area contributed by atoms with Gasteiger partial charge in [-0.3, -0.25) is 4.90 Å². The summed E-state index contributed by atoms with van der Waals surface area (Å²) in [6, 6.07) is 5.66. The standard InChI is InChI=1S/C19H26FN3O/c1-22-12-10-21-19(22)9-7-16-5-3-4-11-23(16)14-15-6-8-17(24-2)13-18(15)20/h6,8,10,12-13,16H,3-5,7,9,11,14H2,1-2H3/t16-/m1/s1. The molecule has 0 amide bonds. The molecule has 2 aromatic rings. The van der Waals surface area contributed by atoms with Gasteiger partial charge in [-0.15, -0.1) is 0 Å². The zero-order chi connectivity index (χ0) is 16.9. The number of aryl methyl sites for hydroxylation is 2. The quantitative estimate of drug-likeness (QED) is 0.811. The van der Waals surface area contributed by atoms with E-state index in [-0.39, 0.29) is 5.82 Å². The number of likely N-dealkylation sites (tertiary alicyclic amines) is 1. The second-order valence-electron chi connectivity index (χ2n) is 6.57. The van der Waals surface area contributed by atoms with E-state index >= 15 is 0 Å². The van der Waals surface area contributed by atoms with Crippen LogP contribution in [0.4, 0.5) is 4.39 Å². The fourth-order valence-electron chi connectivity index (χ4n) is 3.53. The van der Waals surface area contributed by atoms with Crippen LogP contribution in [-0.4, -0.2) is 34.1 Å². The van der Waals surface area contributed by atoms with E-state index in [1.165, 1.54) is 25.3 Å². The topological polar surface area (TPSA) is 30.3 Å². The Morgan fingerprint density at radius 2 is 2.21 bits per heavy atom. The lowest BCUT2D eigenvalue weighted by molar-refractivity contribution is 0.130. The zero-order valence-electron chi connectivity index (χ0n) is 14.5. The van der Waals surface area contributed by atoms with Gasteiger partial charge < -0.3 is 9.30 Å². The number of ether oxygens (including phenoxy) is 1. The van der Waals surface area contributed by atoms with Crippen LogP contribution in [0.25, 0.3) is 0 Å². The first-order valence-electron chi connectivity index (χ1n) is 8.70. The SMILES string of the molecule is COc1ccc(CN2CCCC[C@@H]2CCc2nccn2C)c(F)c1. The highest BCUT2D eigenvalue weighted by Gasteiger charge is 2.23. The number of nitrogens with zero attached hydrogens (tertiary/aromatic N) is 3. The molecule has 0 bridgehead atoms. The van der Waals surface area contributed by atoms with Crippen LogP contribution in [0.2, 0.25) is 0 Å². The van der Waals surface area contributed by atoms with E-state index in [0.29, 0.717) is 18.3 Å². The van der Waals surface area contributed by atoms with Crippen LogP contribution in [0.1, 0.15) is 37.1 Å². The number of benzene rings is 1. The molecule has 24 heavy (non-hydrogen) atoms. The molecule has 3 rings (SSSR count). The Hall–Kier alpha value is -1.88. The fourth-order valence-corrected chi connectivity index (χ4v) is 3.53. The molecule has 1 fully saturated rings. The molecule has 1 aromatic heterocycles. The Kier molecular flexibility index (Phi) is 5.51. The predicted octanol–water partition coefficient (Wildman–Crippen LogP) is 3.56. The predicted molar refractivity (Wildman–Crippen MR) is 92.5 cm³/mol. The number of hydrogen-bond donors (Lipinski definition) is 0. The number of piperidine rings is 1. The summed E-state index contributed by atoms with van der Waals surface area (Å²) in [6.07, 6.45) is 9.51. The summed E-state index contributed by atoms with van der Waals surface area (Å²) in [7, 11) is 3.60. The van der Waals surface area contributed by atoms with Gasteiger partial charge in [0.2, 0.25) is 0 Å². The number of halogens is 1. The number of rotatable bonds is 6. The van der Waals surface area contributed by atoms with Gasteiger partial charge in [0, 0.05) is 50.1 Å². The van der Waals surface area contributed by atoms with Crippen LogP contribution in [-0.2, 0) is 20.0 Å². The lowest BCUT2D eigenvalue weighted by atomic mass is 9.97. The maximum absolute atomic E-state index is 14.3. The monoisotopic (exact) mass is 331 g/mol. The van der Waals surface area contributed by atoms with Gasteiger partial charge in [0.05, 0.1) is 7.11 Å². The lowest BCUT2D eigenvalue weighted by Crippen LogP contribution is -2.39. The van der Waals surface area contributed by atoms with E-state index in [4.69, 9.17) is 4.74 Å². The number of hydrogen-bond acceptors (Lipinski definition) is 3. The third kappa shape index (κ3) is 3.96. The molecule has 0 spiro atoms. The van der Waals surface area contributed by atoms with E-state index in [9.17, 15) is 4.39 Å². The van der Waals surface area contributed by atoms with Crippen molar-refractivity contribution in [3.05, 3.63) is 47.8 Å². The molecule has 0 N–H and O–H groups in total. The zero-order valence-corrected chi connectivity index (χ0v) is 14.5. The van der Waals surface area contributed by atoms with Crippen molar-refractivity contribution in [1.29, 1.82) is 0 Å². The highest BCUT2D eigenvalue weighted by atomic mass is 19.1. The molecule has 0 radical (unpaired) electrons. The molecular weight excluding hydrogens is 305 g/mol. The van der Waals surface area contributed by atoms with Gasteiger partial charge in [0.25, 0.3) is 0 Å². The summed E-state index contributed by atoms with van der Waals surface area (Å²) in [4.78, 5) is 6.84. The van der Waals surface area contributed by atoms with Gasteiger partial charge in [0.1, 0.15) is 17.4 Å². The van der Waals surface area contributed by atoms with E-state index < -0.39 is 0 Å². The Morgan fingerprint density at radius 3 is 2.92 bits per heavy atom. The molecule has 2 heterocycles. The third-order valence-electron chi connectivity index (χ3n) is 5.00. The molecule has 0 unspecified atom stereocenters. The summed E-state index contributed by atoms with van der Waals surface area (Å²) in [5, 5.41) is 0. The highest BCUT2D eigenvalue weighted by Crippen LogP contribution is 2.25. The number of methoxy groups -OCH3 is 1. The van der Waals surface area contributed by atoms with Crippen molar-refractivity contribution >= 4 is 0 Å². The van der Waals surface area contributed by atoms with Crippen LogP contribution < -0.4 is 4.74 Å². The normalized spacial score (nSPS) is 18.7. The van der Waals surface area contributed by atoms with Crippen molar-refractivity contribution in [3.63, 3.8) is 0 Å². The molecule has 1 aromatic carbocycles. The largest absolute Gasteiger partial charge is 0.497 e. The highest BCUT2D eigenvalue weighted by molar-refractivity contribution is 5.28. The van der Waals surface area contributed by atoms with Crippen LogP contribution in [0, 0.1) is 5.82 Å². The van der Waals surface area contributed by atoms with Gasteiger partial charge in [-0.1, -0.05) is 12.5 Å². The fraction of sp³-hybridized carbons (Fsp3) is 0.526. The molecule has 130 valence electrons. The van der Waals surface area contributed by atoms with Crippen molar-refractivity contribution in [2.24, 2.45) is 7.05 Å². The van der Waals surface area contributed by atoms with Crippen LogP contribution >= 0.6 is 0 Å². The second-order valence-corrected chi connectivity index (χ2v) is 6.57. The first-order chi connectivity index (χ1) is 11.7. The minimum absolute atomic E-state index is 0.178. The summed E-state index contributed by atoms with van der Waals surface area (Å²) in [5.74, 6) is 1.51. The molecule has 0 saturated carbocycles. The van der Waals surface area contributed by atoms with E-state index in [0.717, 1.165) is 30.8 Å². The smallest absolute Gasteiger partial charge is 0.131 e. The van der Waals surface area contributed by atoms with Gasteiger partial charge in [-0.2, -0.15) is 0 Å². The molecule has 1 aliphatic rings.